The molecule has 0 fully saturated rings. The Morgan fingerprint density at radius 3 is 1.77 bits per heavy atom. The zero-order valence-corrected chi connectivity index (χ0v) is 10.7. The highest BCUT2D eigenvalue weighted by Gasteiger charge is 2.06. The summed E-state index contributed by atoms with van der Waals surface area (Å²) in [6.45, 7) is 7.24. The van der Waals surface area contributed by atoms with E-state index < -0.39 is 0 Å². The minimum Gasteiger partial charge on any atom is -0.245 e. The van der Waals surface area contributed by atoms with Crippen molar-refractivity contribution < 1.29 is 3.63 Å². The van der Waals surface area contributed by atoms with Crippen LogP contribution in [-0.4, -0.2) is 9.16 Å². The van der Waals surface area contributed by atoms with Crippen molar-refractivity contribution in [1.29, 1.82) is 0 Å². The SMILES string of the molecule is C=CCC(S)SOSC(S)CC=C. The second kappa shape index (κ2) is 9.40. The fourth-order valence-electron chi connectivity index (χ4n) is 0.477. The Morgan fingerprint density at radius 2 is 1.46 bits per heavy atom. The maximum atomic E-state index is 5.25. The highest BCUT2D eigenvalue weighted by atomic mass is 32.3. The number of hydrogen-bond acceptors (Lipinski definition) is 5. The van der Waals surface area contributed by atoms with Gasteiger partial charge in [0.1, 0.15) is 0 Å². The van der Waals surface area contributed by atoms with Crippen LogP contribution in [0, 0.1) is 0 Å². The van der Waals surface area contributed by atoms with Crippen LogP contribution in [0.4, 0.5) is 0 Å². The quantitative estimate of drug-likeness (QED) is 0.294. The van der Waals surface area contributed by atoms with Gasteiger partial charge in [-0.1, -0.05) is 12.2 Å². The van der Waals surface area contributed by atoms with Crippen LogP contribution in [0.15, 0.2) is 25.3 Å². The molecule has 0 heterocycles. The van der Waals surface area contributed by atoms with E-state index in [0.717, 1.165) is 12.8 Å². The zero-order chi connectivity index (χ0) is 10.1. The lowest BCUT2D eigenvalue weighted by Gasteiger charge is -2.09. The topological polar surface area (TPSA) is 9.23 Å². The Labute approximate surface area is 100 Å². The molecule has 0 rings (SSSR count). The third kappa shape index (κ3) is 9.15. The maximum absolute atomic E-state index is 5.25. The molecule has 0 amide bonds. The molecule has 2 atom stereocenters. The third-order valence-electron chi connectivity index (χ3n) is 1.04. The highest BCUT2D eigenvalue weighted by molar-refractivity contribution is 8.16. The van der Waals surface area contributed by atoms with Gasteiger partial charge >= 0.3 is 0 Å². The summed E-state index contributed by atoms with van der Waals surface area (Å²) in [6, 6.07) is 0. The summed E-state index contributed by atoms with van der Waals surface area (Å²) in [5.74, 6) is 0. The first-order chi connectivity index (χ1) is 6.20. The number of thiol groups is 2. The van der Waals surface area contributed by atoms with Gasteiger partial charge in [0.25, 0.3) is 0 Å². The summed E-state index contributed by atoms with van der Waals surface area (Å²) in [4.78, 5) is 0. The van der Waals surface area contributed by atoms with E-state index in [4.69, 9.17) is 3.63 Å². The molecule has 0 bridgehead atoms. The van der Waals surface area contributed by atoms with Crippen LogP contribution in [0.1, 0.15) is 12.8 Å². The van der Waals surface area contributed by atoms with Gasteiger partial charge in [-0.15, -0.1) is 13.2 Å². The van der Waals surface area contributed by atoms with Crippen molar-refractivity contribution in [2.45, 2.75) is 22.0 Å². The van der Waals surface area contributed by atoms with E-state index in [2.05, 4.69) is 38.4 Å². The van der Waals surface area contributed by atoms with Gasteiger partial charge in [-0.05, 0) is 12.8 Å². The van der Waals surface area contributed by atoms with E-state index in [9.17, 15) is 0 Å². The van der Waals surface area contributed by atoms with Gasteiger partial charge in [0.2, 0.25) is 0 Å². The van der Waals surface area contributed by atoms with Crippen LogP contribution in [-0.2, 0) is 3.63 Å². The third-order valence-corrected chi connectivity index (χ3v) is 3.43. The van der Waals surface area contributed by atoms with Gasteiger partial charge in [0.05, 0.1) is 9.16 Å². The molecule has 76 valence electrons. The molecule has 0 spiro atoms. The molecule has 0 N–H and O–H groups in total. The molecule has 5 heteroatoms. The molecular weight excluding hydrogens is 240 g/mol. The van der Waals surface area contributed by atoms with E-state index in [1.807, 2.05) is 12.2 Å². The minimum absolute atomic E-state index is 0.147. The monoisotopic (exact) mass is 254 g/mol. The summed E-state index contributed by atoms with van der Waals surface area (Å²) >= 11 is 11.2. The van der Waals surface area contributed by atoms with Gasteiger partial charge in [-0.2, -0.15) is 25.3 Å². The Balaban J connectivity index is 3.32. The van der Waals surface area contributed by atoms with E-state index in [1.165, 1.54) is 24.1 Å². The molecular formula is C8H14OS4. The van der Waals surface area contributed by atoms with Crippen molar-refractivity contribution in [3.8, 4) is 0 Å². The predicted octanol–water partition coefficient (Wildman–Crippen LogP) is 3.96. The van der Waals surface area contributed by atoms with Crippen LogP contribution in [0.2, 0.25) is 0 Å². The van der Waals surface area contributed by atoms with Crippen molar-refractivity contribution >= 4 is 49.3 Å². The minimum atomic E-state index is 0.147. The predicted molar refractivity (Wildman–Crippen MR) is 71.4 cm³/mol. The fourth-order valence-corrected chi connectivity index (χ4v) is 2.74. The van der Waals surface area contributed by atoms with Crippen molar-refractivity contribution in [1.82, 2.24) is 0 Å². The van der Waals surface area contributed by atoms with Crippen LogP contribution >= 0.6 is 49.3 Å². The van der Waals surface area contributed by atoms with Gasteiger partial charge in [-0.3, -0.25) is 0 Å². The molecule has 13 heavy (non-hydrogen) atoms. The first kappa shape index (κ1) is 13.8. The maximum Gasteiger partial charge on any atom is 0.0781 e. The average molecular weight is 254 g/mol. The molecule has 0 aliphatic carbocycles. The van der Waals surface area contributed by atoms with Crippen LogP contribution in [0.3, 0.4) is 0 Å². The molecule has 0 saturated carbocycles. The van der Waals surface area contributed by atoms with Gasteiger partial charge in [0.15, 0.2) is 0 Å². The van der Waals surface area contributed by atoms with Crippen LogP contribution < -0.4 is 0 Å². The van der Waals surface area contributed by atoms with Crippen molar-refractivity contribution in [2.75, 3.05) is 0 Å². The normalized spacial score (nSPS) is 14.9. The smallest absolute Gasteiger partial charge is 0.0781 e. The lowest BCUT2D eigenvalue weighted by Crippen LogP contribution is -1.92. The Kier molecular flexibility index (Phi) is 10.0. The lowest BCUT2D eigenvalue weighted by atomic mass is 10.5. The molecule has 0 aliphatic rings. The molecule has 0 aromatic heterocycles. The van der Waals surface area contributed by atoms with E-state index in [1.54, 1.807) is 0 Å². The highest BCUT2D eigenvalue weighted by Crippen LogP contribution is 2.29. The molecule has 0 aromatic carbocycles. The Bertz CT molecular complexity index is 135. The lowest BCUT2D eigenvalue weighted by molar-refractivity contribution is 0.748. The van der Waals surface area contributed by atoms with Gasteiger partial charge in [0, 0.05) is 24.1 Å². The summed E-state index contributed by atoms with van der Waals surface area (Å²) in [5.41, 5.74) is 0. The van der Waals surface area contributed by atoms with Crippen LogP contribution in [0.25, 0.3) is 0 Å². The molecule has 0 saturated heterocycles. The second-order valence-corrected chi connectivity index (χ2v) is 6.23. The first-order valence-electron chi connectivity index (χ1n) is 3.77. The van der Waals surface area contributed by atoms with E-state index >= 15 is 0 Å². The van der Waals surface area contributed by atoms with Crippen LogP contribution in [0.5, 0.6) is 0 Å². The van der Waals surface area contributed by atoms with E-state index in [0.29, 0.717) is 0 Å². The molecule has 2 unspecified atom stereocenters. The average Bonchev–Trinajstić information content (AvgIpc) is 2.05. The zero-order valence-electron chi connectivity index (χ0n) is 7.26. The van der Waals surface area contributed by atoms with Gasteiger partial charge < -0.3 is 0 Å². The summed E-state index contributed by atoms with van der Waals surface area (Å²) in [6.07, 6.45) is 5.29. The largest absolute Gasteiger partial charge is 0.245 e. The number of hydrogen-bond donors (Lipinski definition) is 2. The summed E-state index contributed by atoms with van der Waals surface area (Å²) in [5, 5.41) is 0. The number of allylic oxidation sites excluding steroid dienone is 2. The molecule has 0 aliphatic heterocycles. The second-order valence-electron chi connectivity index (χ2n) is 2.22. The van der Waals surface area contributed by atoms with Gasteiger partial charge in [-0.25, -0.2) is 3.63 Å². The Morgan fingerprint density at radius 1 is 1.08 bits per heavy atom. The Hall–Kier alpha value is 0.840. The van der Waals surface area contributed by atoms with Crippen molar-refractivity contribution in [3.63, 3.8) is 0 Å². The fraction of sp³-hybridized carbons (Fsp3) is 0.500. The summed E-state index contributed by atoms with van der Waals surface area (Å²) < 4.78 is 5.54. The first-order valence-corrected chi connectivity index (χ1v) is 6.41. The standard InChI is InChI=1S/C8H14OS4/c1-3-5-7(10)12-9-13-8(11)6-4-2/h3-4,7-8,10-11H,1-2,5-6H2. The number of rotatable bonds is 8. The van der Waals surface area contributed by atoms with Crippen molar-refractivity contribution in [2.24, 2.45) is 0 Å². The molecule has 0 radical (unpaired) electrons. The molecule has 0 aromatic rings. The molecule has 1 nitrogen and oxygen atoms in total. The summed E-state index contributed by atoms with van der Waals surface area (Å²) in [7, 11) is 0. The van der Waals surface area contributed by atoms with E-state index in [-0.39, 0.29) is 9.16 Å². The van der Waals surface area contributed by atoms with Crippen molar-refractivity contribution in [3.05, 3.63) is 25.3 Å².